The predicted molar refractivity (Wildman–Crippen MR) is 129 cm³/mol. The molecule has 36 heavy (non-hydrogen) atoms. The molecule has 0 radical (unpaired) electrons. The molecule has 0 saturated carbocycles. The molecule has 2 rings (SSSR count). The molecule has 0 unspecified atom stereocenters. The first-order chi connectivity index (χ1) is 16.9. The summed E-state index contributed by atoms with van der Waals surface area (Å²) in [6.45, 7) is 1.56. The molecular formula is C21H28Cl2F3N5O5. The number of nitrogens with one attached hydrogen (secondary N) is 2. The number of carbonyl (C=O) groups is 4. The molecule has 0 aliphatic carbocycles. The number of anilines is 2. The zero-order valence-electron chi connectivity index (χ0n) is 19.2. The lowest BCUT2D eigenvalue weighted by Crippen LogP contribution is -2.49. The molecule has 0 spiro atoms. The van der Waals surface area contributed by atoms with E-state index < -0.39 is 18.2 Å². The Kier molecular flexibility index (Phi) is 13.3. The number of likely N-dealkylation sites (tertiary alicyclic amines) is 1. The van der Waals surface area contributed by atoms with Crippen molar-refractivity contribution >= 4 is 58.3 Å². The second-order valence-electron chi connectivity index (χ2n) is 7.43. The first kappa shape index (κ1) is 31.3. The Labute approximate surface area is 215 Å². The summed E-state index contributed by atoms with van der Waals surface area (Å²) < 4.78 is 31.7. The Hall–Kier alpha value is -2.77. The largest absolute Gasteiger partial charge is 0.490 e. The number of halogens is 5. The normalized spacial score (nSPS) is 14.9. The Morgan fingerprint density at radius 2 is 1.67 bits per heavy atom. The standard InChI is InChI=1S/C19H27Cl2N5O3.C2HF3O2/c20-7-10-25(11-8-21)15-5-3-14(4-6-15)24-17(27)13-23-19(29)16-2-1-9-26(16)18(28)12-22;3-2(4,5)1(6)7/h3-6,16H,1-2,7-13,22H2,(H,23,29)(H,24,27);(H,6,7)/t16-;/m0./s1. The van der Waals surface area contributed by atoms with Gasteiger partial charge in [0.15, 0.2) is 0 Å². The van der Waals surface area contributed by atoms with E-state index in [0.717, 1.165) is 12.1 Å². The number of hydrogen-bond donors (Lipinski definition) is 4. The second-order valence-corrected chi connectivity index (χ2v) is 8.19. The molecule has 5 N–H and O–H groups in total. The van der Waals surface area contributed by atoms with Crippen LogP contribution in [0.2, 0.25) is 0 Å². The molecule has 0 bridgehead atoms. The van der Waals surface area contributed by atoms with E-state index in [-0.39, 0.29) is 30.8 Å². The van der Waals surface area contributed by atoms with Crippen molar-refractivity contribution < 1.29 is 37.5 Å². The van der Waals surface area contributed by atoms with Crippen LogP contribution in [-0.4, -0.2) is 90.4 Å². The average Bonchev–Trinajstić information content (AvgIpc) is 3.32. The van der Waals surface area contributed by atoms with Gasteiger partial charge in [0.05, 0.1) is 13.1 Å². The van der Waals surface area contributed by atoms with Crippen LogP contribution in [0.1, 0.15) is 12.8 Å². The van der Waals surface area contributed by atoms with Crippen LogP contribution in [0, 0.1) is 0 Å². The zero-order valence-corrected chi connectivity index (χ0v) is 20.7. The summed E-state index contributed by atoms with van der Waals surface area (Å²) in [7, 11) is 0. The molecule has 1 saturated heterocycles. The highest BCUT2D eigenvalue weighted by Crippen LogP contribution is 2.19. The number of carboxylic acid groups (broad SMARTS) is 1. The maximum Gasteiger partial charge on any atom is 0.490 e. The van der Waals surface area contributed by atoms with E-state index in [9.17, 15) is 27.6 Å². The minimum absolute atomic E-state index is 0.131. The predicted octanol–water partition coefficient (Wildman–Crippen LogP) is 1.61. The average molecular weight is 558 g/mol. The molecular weight excluding hydrogens is 530 g/mol. The maximum atomic E-state index is 12.3. The van der Waals surface area contributed by atoms with E-state index in [1.165, 1.54) is 4.90 Å². The van der Waals surface area contributed by atoms with Gasteiger partial charge in [-0.05, 0) is 37.1 Å². The molecule has 1 heterocycles. The van der Waals surface area contributed by atoms with Crippen molar-refractivity contribution in [3.05, 3.63) is 24.3 Å². The van der Waals surface area contributed by atoms with Gasteiger partial charge in [-0.1, -0.05) is 0 Å². The van der Waals surface area contributed by atoms with E-state index in [1.807, 2.05) is 12.1 Å². The Morgan fingerprint density at radius 1 is 1.11 bits per heavy atom. The van der Waals surface area contributed by atoms with Gasteiger partial charge in [0, 0.05) is 42.8 Å². The topological polar surface area (TPSA) is 145 Å². The molecule has 202 valence electrons. The van der Waals surface area contributed by atoms with Crippen molar-refractivity contribution in [2.75, 3.05) is 54.7 Å². The number of alkyl halides is 5. The maximum absolute atomic E-state index is 12.3. The molecule has 1 aromatic rings. The van der Waals surface area contributed by atoms with Gasteiger partial charge in [0.25, 0.3) is 0 Å². The molecule has 1 aliphatic rings. The summed E-state index contributed by atoms with van der Waals surface area (Å²) >= 11 is 11.6. The molecule has 1 atom stereocenters. The highest BCUT2D eigenvalue weighted by Gasteiger charge is 2.38. The number of carbonyl (C=O) groups excluding carboxylic acids is 3. The summed E-state index contributed by atoms with van der Waals surface area (Å²) in [5, 5.41) is 12.5. The van der Waals surface area contributed by atoms with Crippen molar-refractivity contribution in [1.82, 2.24) is 10.2 Å². The quantitative estimate of drug-likeness (QED) is 0.320. The summed E-state index contributed by atoms with van der Waals surface area (Å²) in [5.41, 5.74) is 6.96. The lowest BCUT2D eigenvalue weighted by atomic mass is 10.2. The summed E-state index contributed by atoms with van der Waals surface area (Å²) in [6, 6.07) is 6.75. The van der Waals surface area contributed by atoms with Crippen molar-refractivity contribution in [2.45, 2.75) is 25.1 Å². The molecule has 3 amide bonds. The summed E-state index contributed by atoms with van der Waals surface area (Å²) in [5.74, 6) is -2.72. The number of carboxylic acids is 1. The third kappa shape index (κ3) is 10.5. The minimum atomic E-state index is -5.08. The number of rotatable bonds is 10. The molecule has 10 nitrogen and oxygen atoms in total. The Morgan fingerprint density at radius 3 is 2.14 bits per heavy atom. The smallest absolute Gasteiger partial charge is 0.475 e. The zero-order chi connectivity index (χ0) is 27.3. The summed E-state index contributed by atoms with van der Waals surface area (Å²) in [4.78, 5) is 48.7. The fraction of sp³-hybridized carbons (Fsp3) is 0.524. The molecule has 15 heteroatoms. The summed E-state index contributed by atoms with van der Waals surface area (Å²) in [6.07, 6.45) is -3.77. The van der Waals surface area contributed by atoms with Gasteiger partial charge in [-0.15, -0.1) is 23.2 Å². The van der Waals surface area contributed by atoms with E-state index in [2.05, 4.69) is 15.5 Å². The number of amides is 3. The SMILES string of the molecule is NCC(=O)N1CCC[C@H]1C(=O)NCC(=O)Nc1ccc(N(CCCl)CCCl)cc1.O=C(O)C(F)(F)F. The van der Waals surface area contributed by atoms with Crippen LogP contribution in [0.4, 0.5) is 24.5 Å². The minimum Gasteiger partial charge on any atom is -0.475 e. The van der Waals surface area contributed by atoms with Crippen molar-refractivity contribution in [3.63, 3.8) is 0 Å². The van der Waals surface area contributed by atoms with Gasteiger partial charge in [-0.2, -0.15) is 13.2 Å². The number of hydrogen-bond acceptors (Lipinski definition) is 6. The van der Waals surface area contributed by atoms with Gasteiger partial charge in [0.2, 0.25) is 17.7 Å². The van der Waals surface area contributed by atoms with Gasteiger partial charge in [-0.3, -0.25) is 14.4 Å². The lowest BCUT2D eigenvalue weighted by Gasteiger charge is -2.23. The number of benzene rings is 1. The van der Waals surface area contributed by atoms with Crippen molar-refractivity contribution in [2.24, 2.45) is 5.73 Å². The molecule has 1 aliphatic heterocycles. The fourth-order valence-electron chi connectivity index (χ4n) is 3.28. The first-order valence-corrected chi connectivity index (χ1v) is 11.9. The van der Waals surface area contributed by atoms with Crippen LogP contribution in [0.3, 0.4) is 0 Å². The van der Waals surface area contributed by atoms with E-state index in [4.69, 9.17) is 38.8 Å². The number of nitrogens with zero attached hydrogens (tertiary/aromatic N) is 2. The van der Waals surface area contributed by atoms with Crippen molar-refractivity contribution in [3.8, 4) is 0 Å². The third-order valence-corrected chi connectivity index (χ3v) is 5.28. The third-order valence-electron chi connectivity index (χ3n) is 4.94. The van der Waals surface area contributed by atoms with Crippen LogP contribution < -0.4 is 21.3 Å². The van der Waals surface area contributed by atoms with E-state index in [0.29, 0.717) is 43.5 Å². The number of aliphatic carboxylic acids is 1. The lowest BCUT2D eigenvalue weighted by molar-refractivity contribution is -0.192. The highest BCUT2D eigenvalue weighted by atomic mass is 35.5. The Balaban J connectivity index is 0.000000809. The molecule has 0 aromatic heterocycles. The monoisotopic (exact) mass is 557 g/mol. The van der Waals surface area contributed by atoms with E-state index >= 15 is 0 Å². The molecule has 1 aromatic carbocycles. The second kappa shape index (κ2) is 15.4. The van der Waals surface area contributed by atoms with Crippen LogP contribution >= 0.6 is 23.2 Å². The van der Waals surface area contributed by atoms with Crippen LogP contribution in [0.15, 0.2) is 24.3 Å². The van der Waals surface area contributed by atoms with Gasteiger partial charge in [0.1, 0.15) is 6.04 Å². The Bertz CT molecular complexity index is 884. The van der Waals surface area contributed by atoms with Gasteiger partial charge < -0.3 is 31.3 Å². The first-order valence-electron chi connectivity index (χ1n) is 10.8. The van der Waals surface area contributed by atoms with Crippen LogP contribution in [0.5, 0.6) is 0 Å². The highest BCUT2D eigenvalue weighted by molar-refractivity contribution is 6.18. The van der Waals surface area contributed by atoms with E-state index in [1.54, 1.807) is 12.1 Å². The van der Waals surface area contributed by atoms with Crippen molar-refractivity contribution in [1.29, 1.82) is 0 Å². The fourth-order valence-corrected chi connectivity index (χ4v) is 3.68. The van der Waals surface area contributed by atoms with Gasteiger partial charge >= 0.3 is 12.1 Å². The van der Waals surface area contributed by atoms with Crippen LogP contribution in [0.25, 0.3) is 0 Å². The number of nitrogens with two attached hydrogens (primary N) is 1. The van der Waals surface area contributed by atoms with Gasteiger partial charge in [-0.25, -0.2) is 4.79 Å². The molecule has 1 fully saturated rings. The van der Waals surface area contributed by atoms with Crippen LogP contribution in [-0.2, 0) is 19.2 Å².